The number of fused-ring (bicyclic) bond motifs is 1. The SMILES string of the molecule is Cc1cccc(NC(=O)C(C)OC(=O)c2cc3c(s2)CCCC3)c1. The Hall–Kier alpha value is -2.14. The van der Waals surface area contributed by atoms with Gasteiger partial charge in [0.1, 0.15) is 4.88 Å². The molecule has 0 saturated heterocycles. The summed E-state index contributed by atoms with van der Waals surface area (Å²) in [5.41, 5.74) is 3.02. The molecule has 0 radical (unpaired) electrons. The highest BCUT2D eigenvalue weighted by Gasteiger charge is 2.22. The van der Waals surface area contributed by atoms with Crippen molar-refractivity contribution in [2.75, 3.05) is 5.32 Å². The van der Waals surface area contributed by atoms with Gasteiger partial charge in [-0.25, -0.2) is 4.79 Å². The highest BCUT2D eigenvalue weighted by Crippen LogP contribution is 2.30. The molecule has 1 aromatic heterocycles. The maximum atomic E-state index is 12.3. The zero-order chi connectivity index (χ0) is 17.1. The number of benzene rings is 1. The molecule has 126 valence electrons. The highest BCUT2D eigenvalue weighted by molar-refractivity contribution is 7.14. The van der Waals surface area contributed by atoms with Gasteiger partial charge >= 0.3 is 5.97 Å². The van der Waals surface area contributed by atoms with Crippen molar-refractivity contribution in [3.8, 4) is 0 Å². The van der Waals surface area contributed by atoms with Crippen LogP contribution in [0.1, 0.15) is 45.4 Å². The molecule has 0 aliphatic heterocycles. The zero-order valence-electron chi connectivity index (χ0n) is 13.9. The van der Waals surface area contributed by atoms with Crippen LogP contribution in [0, 0.1) is 6.92 Å². The summed E-state index contributed by atoms with van der Waals surface area (Å²) in [6.45, 7) is 3.55. The molecule has 4 nitrogen and oxygen atoms in total. The van der Waals surface area contributed by atoms with Crippen LogP contribution in [-0.2, 0) is 22.4 Å². The van der Waals surface area contributed by atoms with E-state index in [0.29, 0.717) is 10.6 Å². The molecule has 1 amide bonds. The number of thiophene rings is 1. The molecule has 1 aromatic carbocycles. The fourth-order valence-electron chi connectivity index (χ4n) is 2.83. The predicted octanol–water partition coefficient (Wildman–Crippen LogP) is 4.12. The number of carbonyl (C=O) groups is 2. The third kappa shape index (κ3) is 3.85. The van der Waals surface area contributed by atoms with Crippen molar-refractivity contribution in [3.63, 3.8) is 0 Å². The van der Waals surface area contributed by atoms with Gasteiger partial charge in [0.25, 0.3) is 5.91 Å². The Labute approximate surface area is 145 Å². The van der Waals surface area contributed by atoms with Gasteiger partial charge in [0.2, 0.25) is 0 Å². The van der Waals surface area contributed by atoms with E-state index in [1.54, 1.807) is 6.92 Å². The van der Waals surface area contributed by atoms with Crippen LogP contribution in [0.15, 0.2) is 30.3 Å². The predicted molar refractivity (Wildman–Crippen MR) is 95.6 cm³/mol. The van der Waals surface area contributed by atoms with E-state index in [4.69, 9.17) is 4.74 Å². The lowest BCUT2D eigenvalue weighted by atomic mass is 9.99. The van der Waals surface area contributed by atoms with Gasteiger partial charge in [-0.2, -0.15) is 0 Å². The Kier molecular flexibility index (Phi) is 5.00. The summed E-state index contributed by atoms with van der Waals surface area (Å²) in [4.78, 5) is 26.4. The van der Waals surface area contributed by atoms with Crippen LogP contribution < -0.4 is 5.32 Å². The first kappa shape index (κ1) is 16.7. The molecule has 1 unspecified atom stereocenters. The first-order valence-corrected chi connectivity index (χ1v) is 9.04. The molecule has 5 heteroatoms. The third-order valence-corrected chi connectivity index (χ3v) is 5.35. The molecule has 24 heavy (non-hydrogen) atoms. The fourth-order valence-corrected chi connectivity index (χ4v) is 3.97. The van der Waals surface area contributed by atoms with Crippen LogP contribution in [0.4, 0.5) is 5.69 Å². The molecule has 1 N–H and O–H groups in total. The first-order valence-electron chi connectivity index (χ1n) is 8.23. The number of nitrogens with one attached hydrogen (secondary N) is 1. The molecule has 0 spiro atoms. The van der Waals surface area contributed by atoms with Gasteiger partial charge in [0.05, 0.1) is 0 Å². The lowest BCUT2D eigenvalue weighted by Gasteiger charge is -2.13. The van der Waals surface area contributed by atoms with Crippen LogP contribution >= 0.6 is 11.3 Å². The average molecular weight is 343 g/mol. The minimum Gasteiger partial charge on any atom is -0.448 e. The summed E-state index contributed by atoms with van der Waals surface area (Å²) in [6.07, 6.45) is 3.58. The topological polar surface area (TPSA) is 55.4 Å². The molecular formula is C19H21NO3S. The molecule has 3 rings (SSSR count). The third-order valence-electron chi connectivity index (χ3n) is 4.14. The Morgan fingerprint density at radius 2 is 2.00 bits per heavy atom. The van der Waals surface area contributed by atoms with Crippen LogP contribution in [0.3, 0.4) is 0 Å². The molecular weight excluding hydrogens is 322 g/mol. The van der Waals surface area contributed by atoms with Crippen molar-refractivity contribution in [2.45, 2.75) is 45.6 Å². The number of anilines is 1. The highest BCUT2D eigenvalue weighted by atomic mass is 32.1. The van der Waals surface area contributed by atoms with Crippen LogP contribution in [0.25, 0.3) is 0 Å². The molecule has 0 fully saturated rings. The van der Waals surface area contributed by atoms with E-state index in [9.17, 15) is 9.59 Å². The zero-order valence-corrected chi connectivity index (χ0v) is 14.7. The maximum absolute atomic E-state index is 12.3. The Balaban J connectivity index is 1.61. The second-order valence-electron chi connectivity index (χ2n) is 6.17. The summed E-state index contributed by atoms with van der Waals surface area (Å²) in [7, 11) is 0. The van der Waals surface area contributed by atoms with E-state index in [-0.39, 0.29) is 5.91 Å². The van der Waals surface area contributed by atoms with Gasteiger partial charge in [-0.1, -0.05) is 12.1 Å². The van der Waals surface area contributed by atoms with Crippen molar-refractivity contribution in [1.82, 2.24) is 0 Å². The lowest BCUT2D eigenvalue weighted by molar-refractivity contribution is -0.123. The largest absolute Gasteiger partial charge is 0.448 e. The molecule has 0 saturated carbocycles. The van der Waals surface area contributed by atoms with E-state index < -0.39 is 12.1 Å². The maximum Gasteiger partial charge on any atom is 0.349 e. The lowest BCUT2D eigenvalue weighted by Crippen LogP contribution is -2.29. The molecule has 1 heterocycles. The van der Waals surface area contributed by atoms with Crippen molar-refractivity contribution in [1.29, 1.82) is 0 Å². The van der Waals surface area contributed by atoms with Crippen LogP contribution in [0.5, 0.6) is 0 Å². The minimum absolute atomic E-state index is 0.324. The number of hydrogen-bond acceptors (Lipinski definition) is 4. The van der Waals surface area contributed by atoms with Gasteiger partial charge < -0.3 is 10.1 Å². The van der Waals surface area contributed by atoms with E-state index in [1.165, 1.54) is 34.6 Å². The molecule has 2 aromatic rings. The van der Waals surface area contributed by atoms with Gasteiger partial charge in [-0.15, -0.1) is 11.3 Å². The van der Waals surface area contributed by atoms with E-state index >= 15 is 0 Å². The normalized spacial score (nSPS) is 14.6. The van der Waals surface area contributed by atoms with Gasteiger partial charge in [0, 0.05) is 10.6 Å². The smallest absolute Gasteiger partial charge is 0.349 e. The molecule has 1 aliphatic rings. The van der Waals surface area contributed by atoms with Crippen molar-refractivity contribution in [3.05, 3.63) is 51.2 Å². The first-order chi connectivity index (χ1) is 11.5. The van der Waals surface area contributed by atoms with Gasteiger partial charge in [-0.3, -0.25) is 4.79 Å². The number of hydrogen-bond donors (Lipinski definition) is 1. The second-order valence-corrected chi connectivity index (χ2v) is 7.31. The van der Waals surface area contributed by atoms with E-state index in [0.717, 1.165) is 18.4 Å². The minimum atomic E-state index is -0.836. The number of ether oxygens (including phenoxy) is 1. The number of aryl methyl sites for hydroxylation is 3. The van der Waals surface area contributed by atoms with Crippen molar-refractivity contribution < 1.29 is 14.3 Å². The summed E-state index contributed by atoms with van der Waals surface area (Å²) < 4.78 is 5.34. The summed E-state index contributed by atoms with van der Waals surface area (Å²) in [6, 6.07) is 9.44. The monoisotopic (exact) mass is 343 g/mol. The molecule has 1 atom stereocenters. The Bertz CT molecular complexity index is 742. The number of amides is 1. The molecule has 1 aliphatic carbocycles. The van der Waals surface area contributed by atoms with E-state index in [1.807, 2.05) is 37.3 Å². The molecule has 0 bridgehead atoms. The summed E-state index contributed by atoms with van der Waals surface area (Å²) in [5, 5.41) is 2.78. The fraction of sp³-hybridized carbons (Fsp3) is 0.368. The van der Waals surface area contributed by atoms with Crippen LogP contribution in [0.2, 0.25) is 0 Å². The standard InChI is InChI=1S/C19H21NO3S/c1-12-6-5-8-15(10-12)20-18(21)13(2)23-19(22)17-11-14-7-3-4-9-16(14)24-17/h5-6,8,10-11,13H,3-4,7,9H2,1-2H3,(H,20,21). The summed E-state index contributed by atoms with van der Waals surface area (Å²) >= 11 is 1.50. The average Bonchev–Trinajstić information content (AvgIpc) is 2.99. The Morgan fingerprint density at radius 1 is 1.21 bits per heavy atom. The van der Waals surface area contributed by atoms with Crippen molar-refractivity contribution >= 4 is 28.9 Å². The summed E-state index contributed by atoms with van der Waals surface area (Å²) in [5.74, 6) is -0.739. The Morgan fingerprint density at radius 3 is 2.75 bits per heavy atom. The van der Waals surface area contributed by atoms with Gasteiger partial charge in [-0.05, 0) is 68.9 Å². The number of rotatable bonds is 4. The second kappa shape index (κ2) is 7.18. The van der Waals surface area contributed by atoms with Crippen LogP contribution in [-0.4, -0.2) is 18.0 Å². The quantitative estimate of drug-likeness (QED) is 0.850. The van der Waals surface area contributed by atoms with E-state index in [2.05, 4.69) is 5.32 Å². The van der Waals surface area contributed by atoms with Crippen molar-refractivity contribution in [2.24, 2.45) is 0 Å². The number of esters is 1. The number of carbonyl (C=O) groups excluding carboxylic acids is 2. The van der Waals surface area contributed by atoms with Gasteiger partial charge in [0.15, 0.2) is 6.10 Å².